The van der Waals surface area contributed by atoms with Crippen molar-refractivity contribution in [1.82, 2.24) is 10.2 Å². The van der Waals surface area contributed by atoms with Gasteiger partial charge in [0.25, 0.3) is 0 Å². The highest BCUT2D eigenvalue weighted by Gasteiger charge is 2.32. The number of carbonyl (C=O) groups is 2. The lowest BCUT2D eigenvalue weighted by Crippen LogP contribution is -2.46. The van der Waals surface area contributed by atoms with Crippen LogP contribution in [-0.4, -0.2) is 44.1 Å². The van der Waals surface area contributed by atoms with Crippen molar-refractivity contribution in [3.05, 3.63) is 53.3 Å². The van der Waals surface area contributed by atoms with Crippen LogP contribution in [-0.2, 0) is 11.2 Å². The summed E-state index contributed by atoms with van der Waals surface area (Å²) >= 11 is 0. The number of rotatable bonds is 6. The predicted molar refractivity (Wildman–Crippen MR) is 111 cm³/mol. The average Bonchev–Trinajstić information content (AvgIpc) is 2.77. The van der Waals surface area contributed by atoms with Crippen molar-refractivity contribution in [2.24, 2.45) is 0 Å². The molecule has 2 N–H and O–H groups in total. The van der Waals surface area contributed by atoms with Crippen LogP contribution in [0.2, 0.25) is 0 Å². The molecule has 160 valence electrons. The fraction of sp³-hybridized carbons (Fsp3) is 0.364. The minimum Gasteiger partial charge on any atom is -0.493 e. The number of carbonyl (C=O) groups excluding carboxylic acids is 2. The van der Waals surface area contributed by atoms with Crippen molar-refractivity contribution in [2.75, 3.05) is 32.6 Å². The fourth-order valence-electron chi connectivity index (χ4n) is 3.58. The lowest BCUT2D eigenvalue weighted by Gasteiger charge is -2.38. The van der Waals surface area contributed by atoms with Crippen molar-refractivity contribution in [3.63, 3.8) is 0 Å². The van der Waals surface area contributed by atoms with Crippen molar-refractivity contribution in [2.45, 2.75) is 25.8 Å². The summed E-state index contributed by atoms with van der Waals surface area (Å²) < 4.78 is 24.8. The number of urea groups is 1. The Balaban J connectivity index is 1.93. The molecule has 0 saturated carbocycles. The van der Waals surface area contributed by atoms with Crippen LogP contribution in [0.1, 0.15) is 30.5 Å². The zero-order chi connectivity index (χ0) is 21.7. The van der Waals surface area contributed by atoms with E-state index in [0.29, 0.717) is 30.9 Å². The number of nitrogens with one attached hydrogen (secondary N) is 2. The third-order valence-electron chi connectivity index (χ3n) is 5.19. The van der Waals surface area contributed by atoms with Crippen LogP contribution in [0.3, 0.4) is 0 Å². The highest BCUT2D eigenvalue weighted by molar-refractivity contribution is 5.90. The number of para-hydroxylation sites is 1. The average molecular weight is 415 g/mol. The Kier molecular flexibility index (Phi) is 6.76. The number of fused-ring (bicyclic) bond motifs is 1. The summed E-state index contributed by atoms with van der Waals surface area (Å²) in [4.78, 5) is 26.5. The molecule has 0 radical (unpaired) electrons. The maximum absolute atomic E-state index is 14.0. The largest absolute Gasteiger partial charge is 0.493 e. The van der Waals surface area contributed by atoms with Crippen LogP contribution in [0.25, 0.3) is 0 Å². The Hall–Kier alpha value is -3.29. The summed E-state index contributed by atoms with van der Waals surface area (Å²) in [5.41, 5.74) is 1.98. The van der Waals surface area contributed by atoms with Gasteiger partial charge in [0.2, 0.25) is 5.91 Å². The first-order valence-electron chi connectivity index (χ1n) is 9.82. The Morgan fingerprint density at radius 2 is 1.87 bits per heavy atom. The fourth-order valence-corrected chi connectivity index (χ4v) is 3.58. The van der Waals surface area contributed by atoms with Crippen molar-refractivity contribution < 1.29 is 23.5 Å². The molecule has 3 rings (SSSR count). The van der Waals surface area contributed by atoms with Crippen LogP contribution in [0, 0.1) is 5.82 Å². The molecule has 30 heavy (non-hydrogen) atoms. The highest BCUT2D eigenvalue weighted by atomic mass is 19.1. The summed E-state index contributed by atoms with van der Waals surface area (Å²) in [6, 6.07) is 8.87. The topological polar surface area (TPSA) is 79.9 Å². The summed E-state index contributed by atoms with van der Waals surface area (Å²) in [6.07, 6.45) is 0.936. The summed E-state index contributed by atoms with van der Waals surface area (Å²) in [6.45, 7) is 2.41. The Morgan fingerprint density at radius 1 is 1.17 bits per heavy atom. The van der Waals surface area contributed by atoms with Crippen molar-refractivity contribution >= 4 is 17.6 Å². The van der Waals surface area contributed by atoms with E-state index in [2.05, 4.69) is 10.6 Å². The van der Waals surface area contributed by atoms with Gasteiger partial charge in [-0.1, -0.05) is 19.1 Å². The second-order valence-electron chi connectivity index (χ2n) is 6.93. The molecule has 1 heterocycles. The summed E-state index contributed by atoms with van der Waals surface area (Å²) in [7, 11) is 3.11. The van der Waals surface area contributed by atoms with E-state index in [-0.39, 0.29) is 18.1 Å². The molecule has 8 heteroatoms. The van der Waals surface area contributed by atoms with Gasteiger partial charge in [-0.2, -0.15) is 0 Å². The quantitative estimate of drug-likeness (QED) is 0.757. The van der Waals surface area contributed by atoms with E-state index >= 15 is 0 Å². The van der Waals surface area contributed by atoms with Gasteiger partial charge in [-0.25, -0.2) is 9.18 Å². The zero-order valence-corrected chi connectivity index (χ0v) is 17.3. The molecule has 1 atom stereocenters. The molecule has 1 aliphatic heterocycles. The van der Waals surface area contributed by atoms with Gasteiger partial charge >= 0.3 is 6.03 Å². The van der Waals surface area contributed by atoms with Crippen molar-refractivity contribution in [3.8, 4) is 11.5 Å². The number of anilines is 1. The minimum absolute atomic E-state index is 0.108. The van der Waals surface area contributed by atoms with Gasteiger partial charge in [-0.05, 0) is 41.8 Å². The lowest BCUT2D eigenvalue weighted by atomic mass is 9.91. The molecule has 2 aromatic rings. The molecular formula is C22H26FN3O4. The molecule has 2 aromatic carbocycles. The monoisotopic (exact) mass is 415 g/mol. The SMILES string of the molecule is CCC(=O)NC[C@@H]1c2cc(OC)c(OC)cc2CCN1C(=O)Nc1ccccc1F. The summed E-state index contributed by atoms with van der Waals surface area (Å²) in [5, 5.41) is 5.50. The van der Waals surface area contributed by atoms with E-state index in [1.807, 2.05) is 12.1 Å². The third-order valence-corrected chi connectivity index (χ3v) is 5.19. The van der Waals surface area contributed by atoms with E-state index in [0.717, 1.165) is 11.1 Å². The smallest absolute Gasteiger partial charge is 0.322 e. The maximum atomic E-state index is 14.0. The first-order chi connectivity index (χ1) is 14.5. The van der Waals surface area contributed by atoms with Crippen LogP contribution < -0.4 is 20.1 Å². The van der Waals surface area contributed by atoms with Gasteiger partial charge < -0.3 is 25.0 Å². The van der Waals surface area contributed by atoms with Crippen molar-refractivity contribution in [1.29, 1.82) is 0 Å². The van der Waals surface area contributed by atoms with E-state index < -0.39 is 17.9 Å². The number of halogens is 1. The van der Waals surface area contributed by atoms with E-state index in [1.54, 1.807) is 38.2 Å². The molecule has 0 aliphatic carbocycles. The first kappa shape index (κ1) is 21.4. The Bertz CT molecular complexity index is 935. The second kappa shape index (κ2) is 9.47. The first-order valence-corrected chi connectivity index (χ1v) is 9.82. The number of benzene rings is 2. The summed E-state index contributed by atoms with van der Waals surface area (Å²) in [5.74, 6) is 0.527. The second-order valence-corrected chi connectivity index (χ2v) is 6.93. The molecule has 3 amide bonds. The van der Waals surface area contributed by atoms with E-state index in [4.69, 9.17) is 9.47 Å². The van der Waals surface area contributed by atoms with Crippen LogP contribution >= 0.6 is 0 Å². The number of nitrogens with zero attached hydrogens (tertiary/aromatic N) is 1. The number of ether oxygens (including phenoxy) is 2. The van der Waals surface area contributed by atoms with E-state index in [1.165, 1.54) is 12.1 Å². The number of hydrogen-bond acceptors (Lipinski definition) is 4. The van der Waals surface area contributed by atoms with Crippen LogP contribution in [0.4, 0.5) is 14.9 Å². The van der Waals surface area contributed by atoms with Gasteiger partial charge in [0.1, 0.15) is 5.82 Å². The highest BCUT2D eigenvalue weighted by Crippen LogP contribution is 2.38. The van der Waals surface area contributed by atoms with Gasteiger partial charge in [-0.3, -0.25) is 4.79 Å². The maximum Gasteiger partial charge on any atom is 0.322 e. The predicted octanol–water partition coefficient (Wildman–Crippen LogP) is 3.50. The Labute approximate surface area is 175 Å². The lowest BCUT2D eigenvalue weighted by molar-refractivity contribution is -0.121. The standard InChI is InChI=1S/C22H26FN3O4/c1-4-21(27)24-13-18-15-12-20(30-3)19(29-2)11-14(15)9-10-26(18)22(28)25-17-8-6-5-7-16(17)23/h5-8,11-12,18H,4,9-10,13H2,1-3H3,(H,24,27)(H,25,28)/t18-/m1/s1. The molecule has 0 spiro atoms. The van der Waals surface area contributed by atoms with Gasteiger partial charge in [0.05, 0.1) is 25.9 Å². The Morgan fingerprint density at radius 3 is 2.53 bits per heavy atom. The molecule has 7 nitrogen and oxygen atoms in total. The number of methoxy groups -OCH3 is 2. The van der Waals surface area contributed by atoms with Crippen LogP contribution in [0.5, 0.6) is 11.5 Å². The number of amides is 3. The van der Waals surface area contributed by atoms with Gasteiger partial charge in [0.15, 0.2) is 11.5 Å². The molecule has 0 fully saturated rings. The molecular weight excluding hydrogens is 389 g/mol. The number of hydrogen-bond donors (Lipinski definition) is 2. The van der Waals surface area contributed by atoms with Crippen LogP contribution in [0.15, 0.2) is 36.4 Å². The van der Waals surface area contributed by atoms with Gasteiger partial charge in [-0.15, -0.1) is 0 Å². The molecule has 0 bridgehead atoms. The third kappa shape index (κ3) is 4.48. The normalized spacial score (nSPS) is 15.2. The molecule has 0 aromatic heterocycles. The van der Waals surface area contributed by atoms with Gasteiger partial charge in [0, 0.05) is 19.5 Å². The minimum atomic E-state index is -0.509. The zero-order valence-electron chi connectivity index (χ0n) is 17.3. The molecule has 0 unspecified atom stereocenters. The molecule has 0 saturated heterocycles. The van der Waals surface area contributed by atoms with E-state index in [9.17, 15) is 14.0 Å². The molecule has 1 aliphatic rings.